The van der Waals surface area contributed by atoms with E-state index in [0.717, 1.165) is 17.4 Å². The monoisotopic (exact) mass is 408 g/mol. The van der Waals surface area contributed by atoms with Gasteiger partial charge in [0.1, 0.15) is 11.5 Å². The van der Waals surface area contributed by atoms with Crippen LogP contribution in [0.2, 0.25) is 0 Å². The predicted octanol–water partition coefficient (Wildman–Crippen LogP) is 2.68. The highest BCUT2D eigenvalue weighted by atomic mass is 32.2. The molecule has 0 aliphatic carbocycles. The largest absolute Gasteiger partial charge is 0.493 e. The van der Waals surface area contributed by atoms with Crippen LogP contribution in [-0.4, -0.2) is 45.1 Å². The number of para-hydroxylation sites is 1. The number of carbonyl (C=O) groups is 1. The molecule has 0 saturated carbocycles. The lowest BCUT2D eigenvalue weighted by atomic mass is 10.1. The van der Waals surface area contributed by atoms with Crippen LogP contribution in [0.1, 0.15) is 18.1 Å². The smallest absolute Gasteiger partial charge is 0.333 e. The van der Waals surface area contributed by atoms with E-state index < -0.39 is 22.2 Å². The minimum absolute atomic E-state index is 0.219. The third-order valence-corrected chi connectivity index (χ3v) is 4.34. The van der Waals surface area contributed by atoms with E-state index in [0.29, 0.717) is 25.4 Å². The molecule has 7 nitrogen and oxygen atoms in total. The zero-order chi connectivity index (χ0) is 20.6. The van der Waals surface area contributed by atoms with Crippen LogP contribution in [0.5, 0.6) is 11.5 Å². The van der Waals surface area contributed by atoms with Gasteiger partial charge in [-0.2, -0.15) is 8.42 Å². The molecule has 0 aliphatic rings. The Bertz CT molecular complexity index is 876. The molecule has 1 atom stereocenters. The molecular weight excluding hydrogens is 384 g/mol. The maximum atomic E-state index is 11.3. The summed E-state index contributed by atoms with van der Waals surface area (Å²) in [4.78, 5) is 11.3. The fraction of sp³-hybridized carbons (Fsp3) is 0.350. The first-order chi connectivity index (χ1) is 13.3. The van der Waals surface area contributed by atoms with Gasteiger partial charge in [-0.3, -0.25) is 0 Å². The first kappa shape index (κ1) is 21.7. The normalized spacial score (nSPS) is 12.4. The van der Waals surface area contributed by atoms with Gasteiger partial charge in [-0.25, -0.2) is 4.79 Å². The van der Waals surface area contributed by atoms with E-state index in [-0.39, 0.29) is 12.2 Å². The second-order valence-corrected chi connectivity index (χ2v) is 7.70. The van der Waals surface area contributed by atoms with Gasteiger partial charge in [0, 0.05) is 19.4 Å². The first-order valence-electron chi connectivity index (χ1n) is 8.82. The summed E-state index contributed by atoms with van der Waals surface area (Å²) in [7, 11) is -3.54. The van der Waals surface area contributed by atoms with Gasteiger partial charge in [0.25, 0.3) is 0 Å². The molecule has 28 heavy (non-hydrogen) atoms. The van der Waals surface area contributed by atoms with Crippen molar-refractivity contribution in [3.05, 3.63) is 59.7 Å². The number of benzene rings is 2. The number of carboxylic acid groups (broad SMARTS) is 1. The van der Waals surface area contributed by atoms with Crippen molar-refractivity contribution in [3.63, 3.8) is 0 Å². The van der Waals surface area contributed by atoms with E-state index in [9.17, 15) is 18.3 Å². The molecule has 2 rings (SSSR count). The zero-order valence-corrected chi connectivity index (χ0v) is 16.6. The molecule has 0 heterocycles. The van der Waals surface area contributed by atoms with Gasteiger partial charge >= 0.3 is 16.1 Å². The molecule has 0 radical (unpaired) electrons. The van der Waals surface area contributed by atoms with Crippen LogP contribution < -0.4 is 8.92 Å². The average molecular weight is 408 g/mol. The van der Waals surface area contributed by atoms with Crippen LogP contribution in [0.25, 0.3) is 0 Å². The van der Waals surface area contributed by atoms with Crippen molar-refractivity contribution in [3.8, 4) is 11.5 Å². The highest BCUT2D eigenvalue weighted by molar-refractivity contribution is 7.86. The molecule has 1 N–H and O–H groups in total. The van der Waals surface area contributed by atoms with Gasteiger partial charge in [-0.1, -0.05) is 30.3 Å². The number of hydrogen-bond donors (Lipinski definition) is 1. The second kappa shape index (κ2) is 10.1. The third-order valence-electron chi connectivity index (χ3n) is 3.84. The molecule has 2 aromatic carbocycles. The van der Waals surface area contributed by atoms with Crippen LogP contribution in [0.15, 0.2) is 48.5 Å². The molecule has 0 aromatic heterocycles. The Kier molecular flexibility index (Phi) is 7.83. The predicted molar refractivity (Wildman–Crippen MR) is 104 cm³/mol. The van der Waals surface area contributed by atoms with Crippen molar-refractivity contribution < 1.29 is 32.0 Å². The van der Waals surface area contributed by atoms with Crippen LogP contribution in [0, 0.1) is 0 Å². The number of aliphatic carboxylic acids is 1. The number of carboxylic acids is 1. The SMILES string of the molecule is CCO[C@@H](Cc1ccccc1OCCc1ccc(OS(C)(=O)=O)cc1)C(=O)O. The number of hydrogen-bond acceptors (Lipinski definition) is 6. The van der Waals surface area contributed by atoms with Gasteiger partial charge in [0.15, 0.2) is 6.10 Å². The van der Waals surface area contributed by atoms with E-state index in [1.54, 1.807) is 37.3 Å². The Labute approximate surface area is 165 Å². The standard InChI is InChI=1S/C20H24O7S/c1-3-25-19(20(21)22)14-16-6-4-5-7-18(16)26-13-12-15-8-10-17(11-9-15)27-28(2,23)24/h4-11,19H,3,12-14H2,1-2H3,(H,21,22)/t19-/m0/s1. The maximum absolute atomic E-state index is 11.3. The van der Waals surface area contributed by atoms with Crippen LogP contribution >= 0.6 is 0 Å². The van der Waals surface area contributed by atoms with Gasteiger partial charge in [0.2, 0.25) is 0 Å². The summed E-state index contributed by atoms with van der Waals surface area (Å²) >= 11 is 0. The van der Waals surface area contributed by atoms with E-state index in [2.05, 4.69) is 0 Å². The summed E-state index contributed by atoms with van der Waals surface area (Å²) in [5.41, 5.74) is 1.72. The van der Waals surface area contributed by atoms with Gasteiger partial charge in [-0.05, 0) is 36.2 Å². The van der Waals surface area contributed by atoms with E-state index in [1.165, 1.54) is 0 Å². The molecule has 0 saturated heterocycles. The van der Waals surface area contributed by atoms with Gasteiger partial charge in [-0.15, -0.1) is 0 Å². The van der Waals surface area contributed by atoms with Crippen molar-refractivity contribution in [1.82, 2.24) is 0 Å². The quantitative estimate of drug-likeness (QED) is 0.571. The third kappa shape index (κ3) is 7.21. The molecular formula is C20H24O7S. The zero-order valence-electron chi connectivity index (χ0n) is 15.8. The summed E-state index contributed by atoms with van der Waals surface area (Å²) in [6.07, 6.45) is 0.891. The van der Waals surface area contributed by atoms with Crippen LogP contribution in [0.3, 0.4) is 0 Å². The van der Waals surface area contributed by atoms with Crippen molar-refractivity contribution in [2.75, 3.05) is 19.5 Å². The minimum Gasteiger partial charge on any atom is -0.493 e. The molecule has 152 valence electrons. The summed E-state index contributed by atoms with van der Waals surface area (Å²) < 4.78 is 38.1. The van der Waals surface area contributed by atoms with E-state index in [1.807, 2.05) is 18.2 Å². The van der Waals surface area contributed by atoms with Crippen molar-refractivity contribution >= 4 is 16.1 Å². The average Bonchev–Trinajstić information content (AvgIpc) is 2.63. The summed E-state index contributed by atoms with van der Waals surface area (Å²) in [6.45, 7) is 2.46. The lowest BCUT2D eigenvalue weighted by Gasteiger charge is -2.16. The first-order valence-corrected chi connectivity index (χ1v) is 10.6. The molecule has 0 unspecified atom stereocenters. The van der Waals surface area contributed by atoms with Gasteiger partial charge < -0.3 is 18.8 Å². The molecule has 0 aliphatic heterocycles. The van der Waals surface area contributed by atoms with E-state index in [4.69, 9.17) is 13.7 Å². The fourth-order valence-corrected chi connectivity index (χ4v) is 3.06. The molecule has 0 fully saturated rings. The van der Waals surface area contributed by atoms with Crippen LogP contribution in [0.4, 0.5) is 0 Å². The fourth-order valence-electron chi connectivity index (χ4n) is 2.60. The highest BCUT2D eigenvalue weighted by Crippen LogP contribution is 2.21. The summed E-state index contributed by atoms with van der Waals surface area (Å²) in [5, 5.41) is 9.26. The maximum Gasteiger partial charge on any atom is 0.333 e. The van der Waals surface area contributed by atoms with Crippen LogP contribution in [-0.2, 0) is 32.5 Å². The Morgan fingerprint density at radius 3 is 2.39 bits per heavy atom. The second-order valence-electron chi connectivity index (χ2n) is 6.12. The summed E-state index contributed by atoms with van der Waals surface area (Å²) in [5.74, 6) is -0.133. The molecule has 0 spiro atoms. The molecule has 0 bridgehead atoms. The Morgan fingerprint density at radius 1 is 1.11 bits per heavy atom. The van der Waals surface area contributed by atoms with E-state index >= 15 is 0 Å². The Hall–Kier alpha value is -2.58. The topological polar surface area (TPSA) is 99.1 Å². The van der Waals surface area contributed by atoms with Crippen molar-refractivity contribution in [2.45, 2.75) is 25.9 Å². The molecule has 2 aromatic rings. The van der Waals surface area contributed by atoms with Gasteiger partial charge in [0.05, 0.1) is 12.9 Å². The molecule has 8 heteroatoms. The highest BCUT2D eigenvalue weighted by Gasteiger charge is 2.19. The van der Waals surface area contributed by atoms with Crippen molar-refractivity contribution in [1.29, 1.82) is 0 Å². The Balaban J connectivity index is 1.95. The number of ether oxygens (including phenoxy) is 2. The lowest BCUT2D eigenvalue weighted by molar-refractivity contribution is -0.149. The van der Waals surface area contributed by atoms with Crippen molar-refractivity contribution in [2.24, 2.45) is 0 Å². The minimum atomic E-state index is -3.54. The number of rotatable bonds is 11. The summed E-state index contributed by atoms with van der Waals surface area (Å²) in [6, 6.07) is 14.0. The lowest BCUT2D eigenvalue weighted by Crippen LogP contribution is -2.26. The Morgan fingerprint density at radius 2 is 1.79 bits per heavy atom. The molecule has 0 amide bonds.